The molecule has 2 amide bonds. The van der Waals surface area contributed by atoms with E-state index < -0.39 is 12.0 Å². The van der Waals surface area contributed by atoms with Gasteiger partial charge < -0.3 is 15.3 Å². The lowest BCUT2D eigenvalue weighted by molar-refractivity contribution is -0.143. The predicted molar refractivity (Wildman–Crippen MR) is 69.5 cm³/mol. The Bertz CT molecular complexity index is 357. The van der Waals surface area contributed by atoms with E-state index in [1.165, 1.54) is 6.92 Å². The molecule has 1 rings (SSSR count). The topological polar surface area (TPSA) is 86.7 Å². The molecule has 0 spiro atoms. The second-order valence-electron chi connectivity index (χ2n) is 4.99. The summed E-state index contributed by atoms with van der Waals surface area (Å²) >= 11 is 0. The Hall–Kier alpha value is -1.59. The van der Waals surface area contributed by atoms with Gasteiger partial charge in [0.15, 0.2) is 0 Å². The summed E-state index contributed by atoms with van der Waals surface area (Å²) in [7, 11) is 0. The zero-order valence-corrected chi connectivity index (χ0v) is 11.5. The second kappa shape index (κ2) is 7.11. The van der Waals surface area contributed by atoms with Crippen molar-refractivity contribution >= 4 is 17.8 Å². The van der Waals surface area contributed by atoms with Crippen molar-refractivity contribution in [1.82, 2.24) is 10.2 Å². The van der Waals surface area contributed by atoms with Gasteiger partial charge in [0.1, 0.15) is 6.04 Å². The van der Waals surface area contributed by atoms with Crippen LogP contribution in [0.5, 0.6) is 0 Å². The predicted octanol–water partition coefficient (Wildman–Crippen LogP) is 0.614. The van der Waals surface area contributed by atoms with Gasteiger partial charge in [0, 0.05) is 20.0 Å². The van der Waals surface area contributed by atoms with E-state index in [9.17, 15) is 14.4 Å². The number of carbonyl (C=O) groups is 3. The van der Waals surface area contributed by atoms with E-state index >= 15 is 0 Å². The van der Waals surface area contributed by atoms with Crippen LogP contribution in [0.1, 0.15) is 39.5 Å². The molecule has 2 N–H and O–H groups in total. The highest BCUT2D eigenvalue weighted by atomic mass is 16.4. The van der Waals surface area contributed by atoms with Crippen LogP contribution in [0.15, 0.2) is 0 Å². The Kier molecular flexibility index (Phi) is 5.79. The van der Waals surface area contributed by atoms with Gasteiger partial charge in [-0.2, -0.15) is 0 Å². The molecule has 0 aliphatic carbocycles. The van der Waals surface area contributed by atoms with Crippen LogP contribution >= 0.6 is 0 Å². The Morgan fingerprint density at radius 1 is 1.42 bits per heavy atom. The van der Waals surface area contributed by atoms with Crippen molar-refractivity contribution < 1.29 is 19.5 Å². The molecule has 108 valence electrons. The van der Waals surface area contributed by atoms with E-state index in [1.807, 2.05) is 6.92 Å². The minimum absolute atomic E-state index is 0.0409. The number of carbonyl (C=O) groups excluding carboxylic acids is 2. The lowest BCUT2D eigenvalue weighted by Gasteiger charge is -2.31. The zero-order valence-electron chi connectivity index (χ0n) is 11.5. The third-order valence-electron chi connectivity index (χ3n) is 3.43. The van der Waals surface area contributed by atoms with Gasteiger partial charge in [0.05, 0.1) is 5.92 Å². The molecule has 1 aliphatic rings. The van der Waals surface area contributed by atoms with Crippen molar-refractivity contribution in [3.63, 3.8) is 0 Å². The number of piperidine rings is 1. The van der Waals surface area contributed by atoms with Gasteiger partial charge >= 0.3 is 5.97 Å². The maximum absolute atomic E-state index is 12.0. The van der Waals surface area contributed by atoms with Crippen LogP contribution in [0.3, 0.4) is 0 Å². The number of hydrogen-bond acceptors (Lipinski definition) is 3. The van der Waals surface area contributed by atoms with E-state index in [-0.39, 0.29) is 17.7 Å². The quantitative estimate of drug-likeness (QED) is 0.766. The Morgan fingerprint density at radius 2 is 2.11 bits per heavy atom. The molecule has 6 nitrogen and oxygen atoms in total. The van der Waals surface area contributed by atoms with E-state index in [0.29, 0.717) is 32.4 Å². The summed E-state index contributed by atoms with van der Waals surface area (Å²) < 4.78 is 0. The average molecular weight is 270 g/mol. The number of carboxylic acid groups (broad SMARTS) is 1. The molecule has 1 aliphatic heterocycles. The first kappa shape index (κ1) is 15.5. The first-order valence-corrected chi connectivity index (χ1v) is 6.74. The highest BCUT2D eigenvalue weighted by molar-refractivity contribution is 5.85. The summed E-state index contributed by atoms with van der Waals surface area (Å²) in [5.74, 6) is -1.60. The average Bonchev–Trinajstić information content (AvgIpc) is 2.38. The third kappa shape index (κ3) is 4.54. The number of nitrogens with one attached hydrogen (secondary N) is 1. The smallest absolute Gasteiger partial charge is 0.326 e. The van der Waals surface area contributed by atoms with Gasteiger partial charge in [-0.05, 0) is 19.3 Å². The number of likely N-dealkylation sites (tertiary alicyclic amines) is 1. The molecule has 0 aromatic rings. The summed E-state index contributed by atoms with van der Waals surface area (Å²) in [5.41, 5.74) is 0. The van der Waals surface area contributed by atoms with Crippen LogP contribution in [0, 0.1) is 5.92 Å². The molecule has 6 heteroatoms. The van der Waals surface area contributed by atoms with E-state index in [0.717, 1.165) is 6.42 Å². The third-order valence-corrected chi connectivity index (χ3v) is 3.43. The van der Waals surface area contributed by atoms with Gasteiger partial charge in [-0.25, -0.2) is 4.79 Å². The van der Waals surface area contributed by atoms with Crippen molar-refractivity contribution in [2.24, 2.45) is 5.92 Å². The van der Waals surface area contributed by atoms with Crippen molar-refractivity contribution in [2.45, 2.75) is 45.6 Å². The minimum atomic E-state index is -1.01. The molecular weight excluding hydrogens is 248 g/mol. The Morgan fingerprint density at radius 3 is 2.63 bits per heavy atom. The van der Waals surface area contributed by atoms with Crippen LogP contribution in [0.2, 0.25) is 0 Å². The Labute approximate surface area is 113 Å². The normalized spacial score (nSPS) is 20.7. The van der Waals surface area contributed by atoms with Crippen molar-refractivity contribution in [1.29, 1.82) is 0 Å². The fourth-order valence-electron chi connectivity index (χ4n) is 2.31. The van der Waals surface area contributed by atoms with Crippen LogP contribution in [0.25, 0.3) is 0 Å². The maximum atomic E-state index is 12.0. The Balaban J connectivity index is 2.56. The fourth-order valence-corrected chi connectivity index (χ4v) is 2.31. The molecule has 1 fully saturated rings. The molecule has 0 aromatic carbocycles. The van der Waals surface area contributed by atoms with Crippen LogP contribution in [-0.2, 0) is 14.4 Å². The molecule has 0 bridgehead atoms. The van der Waals surface area contributed by atoms with Crippen LogP contribution < -0.4 is 5.32 Å². The fraction of sp³-hybridized carbons (Fsp3) is 0.769. The molecule has 0 aromatic heterocycles. The SMILES string of the molecule is CCC[C@H](NC(=O)C1CCCN(C(C)=O)C1)C(=O)O. The summed E-state index contributed by atoms with van der Waals surface area (Å²) in [6.45, 7) is 4.42. The summed E-state index contributed by atoms with van der Waals surface area (Å²) in [5, 5.41) is 11.6. The number of amides is 2. The monoisotopic (exact) mass is 270 g/mol. The number of carboxylic acids is 1. The molecule has 0 saturated carbocycles. The number of hydrogen-bond donors (Lipinski definition) is 2. The van der Waals surface area contributed by atoms with Crippen molar-refractivity contribution in [3.05, 3.63) is 0 Å². The number of aliphatic carboxylic acids is 1. The molecule has 1 saturated heterocycles. The van der Waals surface area contributed by atoms with Gasteiger partial charge in [-0.3, -0.25) is 9.59 Å². The van der Waals surface area contributed by atoms with E-state index in [2.05, 4.69) is 5.32 Å². The number of nitrogens with zero attached hydrogens (tertiary/aromatic N) is 1. The van der Waals surface area contributed by atoms with Gasteiger partial charge in [0.2, 0.25) is 11.8 Å². The van der Waals surface area contributed by atoms with Gasteiger partial charge in [0.25, 0.3) is 0 Å². The van der Waals surface area contributed by atoms with Crippen LogP contribution in [0.4, 0.5) is 0 Å². The highest BCUT2D eigenvalue weighted by Gasteiger charge is 2.29. The molecule has 19 heavy (non-hydrogen) atoms. The summed E-state index contributed by atoms with van der Waals surface area (Å²) in [6.07, 6.45) is 2.60. The first-order valence-electron chi connectivity index (χ1n) is 6.74. The molecule has 1 unspecified atom stereocenters. The van der Waals surface area contributed by atoms with Gasteiger partial charge in [-0.15, -0.1) is 0 Å². The zero-order chi connectivity index (χ0) is 14.4. The molecule has 1 heterocycles. The highest BCUT2D eigenvalue weighted by Crippen LogP contribution is 2.17. The molecular formula is C13H22N2O4. The molecule has 0 radical (unpaired) electrons. The first-order chi connectivity index (χ1) is 8.95. The van der Waals surface area contributed by atoms with Crippen molar-refractivity contribution in [2.75, 3.05) is 13.1 Å². The summed E-state index contributed by atoms with van der Waals surface area (Å²) in [4.78, 5) is 36.0. The van der Waals surface area contributed by atoms with Crippen LogP contribution in [-0.4, -0.2) is 46.9 Å². The van der Waals surface area contributed by atoms with Gasteiger partial charge in [-0.1, -0.05) is 13.3 Å². The van der Waals surface area contributed by atoms with E-state index in [1.54, 1.807) is 4.90 Å². The lowest BCUT2D eigenvalue weighted by atomic mass is 9.96. The molecule has 2 atom stereocenters. The lowest BCUT2D eigenvalue weighted by Crippen LogP contribution is -2.49. The standard InChI is InChI=1S/C13H22N2O4/c1-3-5-11(13(18)19)14-12(17)10-6-4-7-15(8-10)9(2)16/h10-11H,3-8H2,1-2H3,(H,14,17)(H,18,19)/t10?,11-/m0/s1. The van der Waals surface area contributed by atoms with E-state index in [4.69, 9.17) is 5.11 Å². The largest absolute Gasteiger partial charge is 0.480 e. The maximum Gasteiger partial charge on any atom is 0.326 e. The number of rotatable bonds is 5. The second-order valence-corrected chi connectivity index (χ2v) is 4.99. The van der Waals surface area contributed by atoms with Crippen molar-refractivity contribution in [3.8, 4) is 0 Å². The summed E-state index contributed by atoms with van der Waals surface area (Å²) in [6, 6.07) is -0.829. The minimum Gasteiger partial charge on any atom is -0.480 e.